The van der Waals surface area contributed by atoms with E-state index in [0.29, 0.717) is 24.2 Å². The van der Waals surface area contributed by atoms with Gasteiger partial charge in [0.2, 0.25) is 0 Å². The van der Waals surface area contributed by atoms with Crippen LogP contribution in [0.15, 0.2) is 36.7 Å². The predicted octanol–water partition coefficient (Wildman–Crippen LogP) is 6.82. The van der Waals surface area contributed by atoms with Crippen molar-refractivity contribution in [3.63, 3.8) is 0 Å². The van der Waals surface area contributed by atoms with Gasteiger partial charge in [0.05, 0.1) is 11.0 Å². The first-order chi connectivity index (χ1) is 15.6. The molecule has 33 heavy (non-hydrogen) atoms. The average Bonchev–Trinajstić information content (AvgIpc) is 3.34. The topological polar surface area (TPSA) is 38.0 Å². The Morgan fingerprint density at radius 2 is 1.82 bits per heavy atom. The van der Waals surface area contributed by atoms with Crippen LogP contribution < -0.4 is 0 Å². The maximum Gasteiger partial charge on any atom is 0.417 e. The summed E-state index contributed by atoms with van der Waals surface area (Å²) in [6.07, 6.45) is 4.94. The number of halogens is 3. The van der Waals surface area contributed by atoms with Crippen molar-refractivity contribution in [2.75, 3.05) is 0 Å². The van der Waals surface area contributed by atoms with Crippen LogP contribution in [-0.2, 0) is 0 Å². The fraction of sp³-hybridized carbons (Fsp3) is 0.667. The molecule has 3 nitrogen and oxygen atoms in total. The SMILES string of the molecule is C[C@]12CCC(O)(C(F)(F)F)CC1CC[C@@H]1[C@H]2CC[C@]2(C)C(n3cnc4ccccc43)=CC[C@@H]12. The number of aliphatic hydroxyl groups is 1. The van der Waals surface area contributed by atoms with Crippen molar-refractivity contribution in [2.24, 2.45) is 34.5 Å². The van der Waals surface area contributed by atoms with E-state index in [4.69, 9.17) is 0 Å². The van der Waals surface area contributed by atoms with Gasteiger partial charge in [-0.15, -0.1) is 0 Å². The van der Waals surface area contributed by atoms with E-state index in [-0.39, 0.29) is 29.6 Å². The molecule has 7 atom stereocenters. The number of fused-ring (bicyclic) bond motifs is 6. The normalized spacial score (nSPS) is 43.0. The van der Waals surface area contributed by atoms with Crippen molar-refractivity contribution in [1.82, 2.24) is 9.55 Å². The molecule has 6 rings (SSSR count). The van der Waals surface area contributed by atoms with Crippen molar-refractivity contribution in [1.29, 1.82) is 0 Å². The highest BCUT2D eigenvalue weighted by atomic mass is 19.4. The van der Waals surface area contributed by atoms with Crippen LogP contribution in [0.2, 0.25) is 0 Å². The number of benzene rings is 1. The smallest absolute Gasteiger partial charge is 0.380 e. The summed E-state index contributed by atoms with van der Waals surface area (Å²) < 4.78 is 43.0. The molecule has 0 radical (unpaired) electrons. The van der Waals surface area contributed by atoms with Gasteiger partial charge in [0.1, 0.15) is 6.33 Å². The Kier molecular flexibility index (Phi) is 4.51. The van der Waals surface area contributed by atoms with E-state index in [0.717, 1.165) is 43.1 Å². The minimum atomic E-state index is -4.53. The highest BCUT2D eigenvalue weighted by molar-refractivity contribution is 5.80. The average molecular weight is 459 g/mol. The lowest BCUT2D eigenvalue weighted by Crippen LogP contribution is -2.59. The summed E-state index contributed by atoms with van der Waals surface area (Å²) in [4.78, 5) is 4.62. The van der Waals surface area contributed by atoms with Gasteiger partial charge in [-0.25, -0.2) is 4.98 Å². The Labute approximate surface area is 193 Å². The Morgan fingerprint density at radius 3 is 2.61 bits per heavy atom. The third-order valence-electron chi connectivity index (χ3n) is 10.5. The molecule has 0 bridgehead atoms. The summed E-state index contributed by atoms with van der Waals surface area (Å²) in [5.74, 6) is 1.45. The maximum absolute atomic E-state index is 13.6. The molecule has 178 valence electrons. The fourth-order valence-electron chi connectivity index (χ4n) is 8.57. The van der Waals surface area contributed by atoms with Gasteiger partial charge in [-0.1, -0.05) is 32.1 Å². The number of para-hydroxylation sites is 2. The summed E-state index contributed by atoms with van der Waals surface area (Å²) in [6, 6.07) is 8.24. The van der Waals surface area contributed by atoms with Crippen LogP contribution in [0.5, 0.6) is 0 Å². The number of nitrogens with zero attached hydrogens (tertiary/aromatic N) is 2. The second-order valence-electron chi connectivity index (χ2n) is 11.8. The molecule has 3 fully saturated rings. The van der Waals surface area contributed by atoms with E-state index in [1.165, 1.54) is 5.70 Å². The van der Waals surface area contributed by atoms with Crippen molar-refractivity contribution < 1.29 is 18.3 Å². The zero-order valence-electron chi connectivity index (χ0n) is 19.4. The van der Waals surface area contributed by atoms with Gasteiger partial charge >= 0.3 is 6.18 Å². The van der Waals surface area contributed by atoms with Crippen LogP contribution in [0, 0.1) is 34.5 Å². The fourth-order valence-corrected chi connectivity index (χ4v) is 8.57. The standard InChI is InChI=1S/C27H33F3N2O/c1-24-13-14-26(33,27(28,29)30)15-17(24)7-8-18-19-9-10-23(25(19,2)12-11-20(18)24)32-16-31-21-5-3-4-6-22(21)32/h3-6,10,16-20,33H,7-9,11-15H2,1-2H3/t17?,18-,19-,20+,24-,25-,26?/m0/s1. The number of rotatable bonds is 1. The summed E-state index contributed by atoms with van der Waals surface area (Å²) >= 11 is 0. The lowest BCUT2D eigenvalue weighted by Gasteiger charge is -2.61. The number of hydrogen-bond donors (Lipinski definition) is 1. The molecule has 0 aliphatic heterocycles. The number of allylic oxidation sites excluding steroid dienone is 2. The van der Waals surface area contributed by atoms with Crippen LogP contribution in [0.25, 0.3) is 16.7 Å². The Hall–Kier alpha value is -1.82. The van der Waals surface area contributed by atoms with E-state index < -0.39 is 11.8 Å². The van der Waals surface area contributed by atoms with Crippen LogP contribution in [0.3, 0.4) is 0 Å². The third-order valence-corrected chi connectivity index (χ3v) is 10.5. The van der Waals surface area contributed by atoms with E-state index in [1.54, 1.807) is 0 Å². The molecule has 0 amide bonds. The van der Waals surface area contributed by atoms with Gasteiger partial charge in [0.25, 0.3) is 0 Å². The first kappa shape index (κ1) is 21.7. The van der Waals surface area contributed by atoms with Gasteiger partial charge in [-0.05, 0) is 92.6 Å². The van der Waals surface area contributed by atoms with Gasteiger partial charge < -0.3 is 9.67 Å². The van der Waals surface area contributed by atoms with Crippen molar-refractivity contribution in [3.8, 4) is 0 Å². The number of imidazole rings is 1. The van der Waals surface area contributed by atoms with Crippen molar-refractivity contribution in [3.05, 3.63) is 36.7 Å². The second kappa shape index (κ2) is 6.87. The summed E-state index contributed by atoms with van der Waals surface area (Å²) in [5, 5.41) is 10.4. The summed E-state index contributed by atoms with van der Waals surface area (Å²) in [6.45, 7) is 4.64. The summed E-state index contributed by atoms with van der Waals surface area (Å²) in [5.41, 5.74) is 0.953. The molecule has 2 unspecified atom stereocenters. The molecule has 6 heteroatoms. The molecule has 1 aromatic carbocycles. The summed E-state index contributed by atoms with van der Waals surface area (Å²) in [7, 11) is 0. The van der Waals surface area contributed by atoms with E-state index in [9.17, 15) is 18.3 Å². The number of alkyl halides is 3. The minimum Gasteiger partial charge on any atom is -0.380 e. The van der Waals surface area contributed by atoms with Crippen molar-refractivity contribution >= 4 is 16.7 Å². The largest absolute Gasteiger partial charge is 0.417 e. The second-order valence-corrected chi connectivity index (χ2v) is 11.8. The van der Waals surface area contributed by atoms with Crippen LogP contribution in [0.1, 0.15) is 65.2 Å². The quantitative estimate of drug-likeness (QED) is 0.509. The van der Waals surface area contributed by atoms with Gasteiger partial charge in [0, 0.05) is 11.1 Å². The molecule has 1 aromatic heterocycles. The zero-order chi connectivity index (χ0) is 23.2. The van der Waals surface area contributed by atoms with Crippen LogP contribution in [-0.4, -0.2) is 26.4 Å². The first-order valence-electron chi connectivity index (χ1n) is 12.5. The zero-order valence-corrected chi connectivity index (χ0v) is 19.4. The predicted molar refractivity (Wildman–Crippen MR) is 122 cm³/mol. The van der Waals surface area contributed by atoms with E-state index in [1.807, 2.05) is 18.5 Å². The number of aromatic nitrogens is 2. The molecule has 0 saturated heterocycles. The highest BCUT2D eigenvalue weighted by Gasteiger charge is 2.64. The molecule has 4 aliphatic rings. The third kappa shape index (κ3) is 2.88. The van der Waals surface area contributed by atoms with Crippen LogP contribution >= 0.6 is 0 Å². The molecule has 4 aliphatic carbocycles. The van der Waals surface area contributed by atoms with Crippen molar-refractivity contribution in [2.45, 2.75) is 77.0 Å². The molecular weight excluding hydrogens is 425 g/mol. The van der Waals surface area contributed by atoms with E-state index >= 15 is 0 Å². The lowest BCUT2D eigenvalue weighted by atomic mass is 9.44. The van der Waals surface area contributed by atoms with Crippen LogP contribution in [0.4, 0.5) is 13.2 Å². The Balaban J connectivity index is 1.29. The van der Waals surface area contributed by atoms with Gasteiger partial charge in [0.15, 0.2) is 5.60 Å². The minimum absolute atomic E-state index is 0.0464. The molecule has 1 heterocycles. The lowest BCUT2D eigenvalue weighted by molar-refractivity contribution is -0.289. The maximum atomic E-state index is 13.6. The first-order valence-corrected chi connectivity index (χ1v) is 12.5. The molecule has 2 aromatic rings. The van der Waals surface area contributed by atoms with Gasteiger partial charge in [-0.3, -0.25) is 0 Å². The Bertz CT molecular complexity index is 1120. The monoisotopic (exact) mass is 458 g/mol. The molecule has 3 saturated carbocycles. The van der Waals surface area contributed by atoms with Gasteiger partial charge in [-0.2, -0.15) is 13.2 Å². The highest BCUT2D eigenvalue weighted by Crippen LogP contribution is 2.68. The Morgan fingerprint density at radius 1 is 1.03 bits per heavy atom. The molecular formula is C27H33F3N2O. The molecule has 0 spiro atoms. The molecule has 1 N–H and O–H groups in total. The number of hydrogen-bond acceptors (Lipinski definition) is 2. The van der Waals surface area contributed by atoms with E-state index in [2.05, 4.69) is 41.6 Å².